The number of rotatable bonds is 16. The highest BCUT2D eigenvalue weighted by Crippen LogP contribution is 2.58. The lowest BCUT2D eigenvalue weighted by atomic mass is 9.54. The Kier molecular flexibility index (Phi) is 13.2. The zero-order valence-corrected chi connectivity index (χ0v) is 31.2. The van der Waals surface area contributed by atoms with Crippen molar-refractivity contribution in [2.75, 3.05) is 0 Å². The summed E-state index contributed by atoms with van der Waals surface area (Å²) in [5.41, 5.74) is 3.86. The van der Waals surface area contributed by atoms with Crippen molar-refractivity contribution in [3.05, 3.63) is 58.2 Å². The fraction of sp³-hybridized carbons (Fsp3) is 0.667. The van der Waals surface area contributed by atoms with Crippen LogP contribution >= 0.6 is 0 Å². The molecule has 3 rings (SSSR count). The zero-order chi connectivity index (χ0) is 36.1. The molecule has 10 nitrogen and oxygen atoms in total. The Hall–Kier alpha value is -2.22. The van der Waals surface area contributed by atoms with Crippen LogP contribution in [0.2, 0.25) is 0 Å². The van der Waals surface area contributed by atoms with Crippen molar-refractivity contribution >= 4 is 20.8 Å². The van der Waals surface area contributed by atoms with Crippen LogP contribution in [0.1, 0.15) is 125 Å². The Bertz CT molecular complexity index is 1600. The molecular weight excluding hydrogens is 657 g/mol. The average Bonchev–Trinajstić information content (AvgIpc) is 2.93. The molecule has 1 aromatic rings. The molecule has 12 heteroatoms. The molecule has 1 aromatic carbocycles. The predicted molar refractivity (Wildman–Crippen MR) is 188 cm³/mol. The fourth-order valence-corrected chi connectivity index (χ4v) is 8.37. The summed E-state index contributed by atoms with van der Waals surface area (Å²) in [5, 5.41) is 21.5. The molecule has 0 fully saturated rings. The SMILES string of the molecule is CC(C)=CCCC(C)(O)C(O)CCC(C)=CCCC1(C)CCCC2=C1CCC(C)C2(C)Cc1cc(OS(=O)(=O)O)ccc1OS(=O)(=O)O. The van der Waals surface area contributed by atoms with Crippen molar-refractivity contribution < 1.29 is 44.5 Å². The van der Waals surface area contributed by atoms with Crippen molar-refractivity contribution in [2.24, 2.45) is 16.7 Å². The molecule has 0 aliphatic heterocycles. The van der Waals surface area contributed by atoms with Crippen LogP contribution in [0.25, 0.3) is 0 Å². The van der Waals surface area contributed by atoms with Gasteiger partial charge in [0.15, 0.2) is 0 Å². The van der Waals surface area contributed by atoms with Crippen LogP contribution in [0.4, 0.5) is 0 Å². The zero-order valence-electron chi connectivity index (χ0n) is 29.6. The topological polar surface area (TPSA) is 168 Å². The van der Waals surface area contributed by atoms with Gasteiger partial charge in [-0.1, -0.05) is 55.2 Å². The second-order valence-corrected chi connectivity index (χ2v) is 17.1. The highest BCUT2D eigenvalue weighted by Gasteiger charge is 2.46. The first kappa shape index (κ1) is 40.2. The van der Waals surface area contributed by atoms with Crippen LogP contribution < -0.4 is 8.37 Å². The number of aliphatic hydroxyl groups is 2. The smallest absolute Gasteiger partial charge is 0.390 e. The summed E-state index contributed by atoms with van der Waals surface area (Å²) >= 11 is 0. The van der Waals surface area contributed by atoms with Gasteiger partial charge in [-0.3, -0.25) is 9.11 Å². The maximum absolute atomic E-state index is 11.7. The van der Waals surface area contributed by atoms with E-state index in [1.54, 1.807) is 6.92 Å². The maximum atomic E-state index is 11.7. The minimum Gasteiger partial charge on any atom is -0.390 e. The molecule has 4 N–H and O–H groups in total. The van der Waals surface area contributed by atoms with Crippen molar-refractivity contribution in [1.29, 1.82) is 0 Å². The number of hydrogen-bond acceptors (Lipinski definition) is 8. The molecule has 0 saturated heterocycles. The van der Waals surface area contributed by atoms with Gasteiger partial charge in [0.2, 0.25) is 0 Å². The molecule has 2 aliphatic carbocycles. The van der Waals surface area contributed by atoms with E-state index in [2.05, 4.69) is 44.0 Å². The molecular formula is C36H56O10S2. The van der Waals surface area contributed by atoms with Gasteiger partial charge in [0.1, 0.15) is 11.5 Å². The normalized spacial score (nSPS) is 25.6. The lowest BCUT2D eigenvalue weighted by molar-refractivity contribution is -0.0691. The van der Waals surface area contributed by atoms with Gasteiger partial charge >= 0.3 is 20.8 Å². The molecule has 5 atom stereocenters. The number of aliphatic hydroxyl groups excluding tert-OH is 1. The Morgan fingerprint density at radius 2 is 1.69 bits per heavy atom. The van der Waals surface area contributed by atoms with Crippen LogP contribution in [0.5, 0.6) is 11.5 Å². The molecule has 0 radical (unpaired) electrons. The molecule has 272 valence electrons. The monoisotopic (exact) mass is 712 g/mol. The summed E-state index contributed by atoms with van der Waals surface area (Å²) in [7, 11) is -9.68. The summed E-state index contributed by atoms with van der Waals surface area (Å²) in [5.74, 6) is -0.136. The van der Waals surface area contributed by atoms with Crippen molar-refractivity contribution in [3.8, 4) is 11.5 Å². The lowest BCUT2D eigenvalue weighted by Crippen LogP contribution is -2.40. The number of hydrogen-bond donors (Lipinski definition) is 4. The van der Waals surface area contributed by atoms with Crippen LogP contribution in [0.15, 0.2) is 52.6 Å². The average molecular weight is 713 g/mol. The van der Waals surface area contributed by atoms with Crippen molar-refractivity contribution in [2.45, 2.75) is 137 Å². The van der Waals surface area contributed by atoms with E-state index < -0.39 is 37.9 Å². The molecule has 0 spiro atoms. The van der Waals surface area contributed by atoms with E-state index in [0.717, 1.165) is 57.4 Å². The summed E-state index contributed by atoms with van der Waals surface area (Å²) in [6, 6.07) is 3.69. The summed E-state index contributed by atoms with van der Waals surface area (Å²) in [6.45, 7) is 14.5. The van der Waals surface area contributed by atoms with Gasteiger partial charge in [-0.2, -0.15) is 16.8 Å². The number of benzene rings is 1. The van der Waals surface area contributed by atoms with Crippen LogP contribution in [0.3, 0.4) is 0 Å². The molecule has 2 aliphatic rings. The molecule has 0 aromatic heterocycles. The lowest BCUT2D eigenvalue weighted by Gasteiger charge is -2.51. The molecule has 48 heavy (non-hydrogen) atoms. The van der Waals surface area contributed by atoms with Crippen molar-refractivity contribution in [1.82, 2.24) is 0 Å². The molecule has 5 unspecified atom stereocenters. The van der Waals surface area contributed by atoms with Gasteiger partial charge in [-0.15, -0.1) is 0 Å². The maximum Gasteiger partial charge on any atom is 0.446 e. The third-order valence-corrected chi connectivity index (χ3v) is 11.6. The fourth-order valence-electron chi connectivity index (χ4n) is 7.63. The molecule has 0 heterocycles. The van der Waals surface area contributed by atoms with E-state index in [0.29, 0.717) is 31.2 Å². The third kappa shape index (κ3) is 11.1. The first-order valence-corrected chi connectivity index (χ1v) is 19.7. The molecule has 0 saturated carbocycles. The van der Waals surface area contributed by atoms with E-state index in [1.807, 2.05) is 13.8 Å². The quantitative estimate of drug-likeness (QED) is 0.0978. The first-order valence-electron chi connectivity index (χ1n) is 16.9. The van der Waals surface area contributed by atoms with E-state index in [-0.39, 0.29) is 22.8 Å². The predicted octanol–water partition coefficient (Wildman–Crippen LogP) is 7.88. The third-order valence-electron chi connectivity index (χ3n) is 10.8. The summed E-state index contributed by atoms with van der Waals surface area (Å²) < 4.78 is 74.4. The Balaban J connectivity index is 1.81. The highest BCUT2D eigenvalue weighted by atomic mass is 32.3. The van der Waals surface area contributed by atoms with Crippen LogP contribution in [-0.2, 0) is 27.2 Å². The van der Waals surface area contributed by atoms with Crippen LogP contribution in [0, 0.1) is 16.7 Å². The minimum absolute atomic E-state index is 0.0381. The Morgan fingerprint density at radius 1 is 1.02 bits per heavy atom. The number of allylic oxidation sites excluding steroid dienone is 6. The Morgan fingerprint density at radius 3 is 2.31 bits per heavy atom. The van der Waals surface area contributed by atoms with Gasteiger partial charge in [0.05, 0.1) is 11.7 Å². The van der Waals surface area contributed by atoms with Crippen LogP contribution in [-0.4, -0.2) is 47.9 Å². The van der Waals surface area contributed by atoms with E-state index >= 15 is 0 Å². The minimum atomic E-state index is -4.86. The van der Waals surface area contributed by atoms with E-state index in [1.165, 1.54) is 34.4 Å². The van der Waals surface area contributed by atoms with Gasteiger partial charge in [-0.05, 0) is 140 Å². The first-order chi connectivity index (χ1) is 22.0. The molecule has 0 bridgehead atoms. The largest absolute Gasteiger partial charge is 0.446 e. The standard InChI is InChI=1S/C36H56O10S2/c1-25(2)11-8-22-36(7,38)33(37)19-14-26(3)12-9-20-34(5)21-10-13-31-30(34)17-15-27(4)35(31,6)24-28-23-29(45-47(39,40)41)16-18-32(28)46-48(42,43)44/h11-12,16,18,23,27,33,37-38H,8-10,13-15,17,19-22,24H2,1-7H3,(H,39,40,41)(H,42,43,44). The summed E-state index contributed by atoms with van der Waals surface area (Å²) in [6.07, 6.45) is 12.9. The van der Waals surface area contributed by atoms with Gasteiger partial charge in [0, 0.05) is 5.56 Å². The van der Waals surface area contributed by atoms with E-state index in [4.69, 9.17) is 4.18 Å². The molecule has 0 amide bonds. The van der Waals surface area contributed by atoms with Gasteiger partial charge in [0.25, 0.3) is 0 Å². The van der Waals surface area contributed by atoms with Gasteiger partial charge in [-0.25, -0.2) is 0 Å². The second-order valence-electron chi connectivity index (χ2n) is 15.0. The summed E-state index contributed by atoms with van der Waals surface area (Å²) in [4.78, 5) is 0. The van der Waals surface area contributed by atoms with E-state index in [9.17, 15) is 36.2 Å². The van der Waals surface area contributed by atoms with Crippen molar-refractivity contribution in [3.63, 3.8) is 0 Å². The van der Waals surface area contributed by atoms with Gasteiger partial charge < -0.3 is 18.6 Å². The Labute approximate surface area is 288 Å². The second kappa shape index (κ2) is 15.8. The highest BCUT2D eigenvalue weighted by molar-refractivity contribution is 7.81.